The average molecular weight is 254 g/mol. The van der Waals surface area contributed by atoms with Gasteiger partial charge in [0.1, 0.15) is 18.3 Å². The maximum absolute atomic E-state index is 9.88. The second-order valence-electron chi connectivity index (χ2n) is 4.47. The summed E-state index contributed by atoms with van der Waals surface area (Å²) < 4.78 is 10.5. The molecule has 1 aliphatic heterocycles. The molecular formula is C13H18O5. The van der Waals surface area contributed by atoms with Crippen molar-refractivity contribution in [2.75, 3.05) is 0 Å². The second-order valence-corrected chi connectivity index (χ2v) is 4.47. The first-order chi connectivity index (χ1) is 8.59. The lowest BCUT2D eigenvalue weighted by Crippen LogP contribution is -2.57. The lowest BCUT2D eigenvalue weighted by atomic mass is 10.00. The van der Waals surface area contributed by atoms with Crippen molar-refractivity contribution in [2.45, 2.75) is 44.2 Å². The zero-order chi connectivity index (χ0) is 13.1. The van der Waals surface area contributed by atoms with Crippen molar-refractivity contribution < 1.29 is 24.8 Å². The molecule has 0 saturated carbocycles. The molecule has 5 nitrogen and oxygen atoms in total. The maximum atomic E-state index is 9.88. The van der Waals surface area contributed by atoms with E-state index in [2.05, 4.69) is 0 Å². The van der Waals surface area contributed by atoms with Crippen LogP contribution in [0.2, 0.25) is 0 Å². The Morgan fingerprint density at radius 2 is 1.78 bits per heavy atom. The van der Waals surface area contributed by atoms with E-state index in [-0.39, 0.29) is 6.61 Å². The van der Waals surface area contributed by atoms with Crippen LogP contribution in [-0.2, 0) is 16.1 Å². The van der Waals surface area contributed by atoms with Crippen molar-refractivity contribution in [3.05, 3.63) is 35.9 Å². The molecule has 1 fully saturated rings. The maximum Gasteiger partial charge on any atom is 0.183 e. The van der Waals surface area contributed by atoms with Crippen LogP contribution in [0.15, 0.2) is 30.3 Å². The van der Waals surface area contributed by atoms with Crippen LogP contribution in [0.1, 0.15) is 12.5 Å². The van der Waals surface area contributed by atoms with Gasteiger partial charge in [-0.2, -0.15) is 0 Å². The minimum Gasteiger partial charge on any atom is -0.388 e. The number of aliphatic hydroxyl groups excluding tert-OH is 3. The van der Waals surface area contributed by atoms with Gasteiger partial charge >= 0.3 is 0 Å². The molecule has 0 aliphatic carbocycles. The van der Waals surface area contributed by atoms with E-state index in [1.807, 2.05) is 30.3 Å². The van der Waals surface area contributed by atoms with Gasteiger partial charge in [0.05, 0.1) is 12.7 Å². The fraction of sp³-hybridized carbons (Fsp3) is 0.538. The van der Waals surface area contributed by atoms with Crippen molar-refractivity contribution in [1.29, 1.82) is 0 Å². The highest BCUT2D eigenvalue weighted by Crippen LogP contribution is 2.23. The van der Waals surface area contributed by atoms with Gasteiger partial charge in [-0.15, -0.1) is 0 Å². The summed E-state index contributed by atoms with van der Waals surface area (Å²) in [5.41, 5.74) is 0.936. The van der Waals surface area contributed by atoms with Gasteiger partial charge < -0.3 is 24.8 Å². The quantitative estimate of drug-likeness (QED) is 0.709. The van der Waals surface area contributed by atoms with Crippen molar-refractivity contribution in [3.63, 3.8) is 0 Å². The molecule has 100 valence electrons. The van der Waals surface area contributed by atoms with E-state index in [9.17, 15) is 15.3 Å². The number of benzene rings is 1. The number of hydrogen-bond donors (Lipinski definition) is 3. The van der Waals surface area contributed by atoms with Gasteiger partial charge in [0, 0.05) is 0 Å². The molecule has 1 heterocycles. The molecule has 1 aromatic carbocycles. The third kappa shape index (κ3) is 2.88. The highest BCUT2D eigenvalue weighted by atomic mass is 16.6. The van der Waals surface area contributed by atoms with Crippen molar-refractivity contribution in [2.24, 2.45) is 0 Å². The Hall–Kier alpha value is -0.980. The molecule has 0 spiro atoms. The third-order valence-corrected chi connectivity index (χ3v) is 3.09. The first-order valence-corrected chi connectivity index (χ1v) is 5.95. The average Bonchev–Trinajstić information content (AvgIpc) is 2.38. The summed E-state index contributed by atoms with van der Waals surface area (Å²) in [5, 5.41) is 29.1. The monoisotopic (exact) mass is 254 g/mol. The number of ether oxygens (including phenoxy) is 2. The van der Waals surface area contributed by atoms with E-state index in [0.717, 1.165) is 5.56 Å². The van der Waals surface area contributed by atoms with Gasteiger partial charge in [-0.05, 0) is 12.5 Å². The largest absolute Gasteiger partial charge is 0.388 e. The molecule has 5 heteroatoms. The van der Waals surface area contributed by atoms with E-state index >= 15 is 0 Å². The molecule has 1 unspecified atom stereocenters. The molecule has 3 N–H and O–H groups in total. The molecule has 0 aromatic heterocycles. The lowest BCUT2D eigenvalue weighted by molar-refractivity contribution is -0.287. The van der Waals surface area contributed by atoms with Gasteiger partial charge in [-0.1, -0.05) is 30.3 Å². The summed E-state index contributed by atoms with van der Waals surface area (Å²) in [6.07, 6.45) is -4.98. The van der Waals surface area contributed by atoms with E-state index in [1.54, 1.807) is 6.92 Å². The standard InChI is InChI=1S/C13H18O5/c1-8-10(14)12(11(15)13(16)18-8)17-7-9-5-3-2-4-6-9/h2-6,8,10-16H,7H2,1H3/t8-,10-,11-,12+,13?/m1/s1. The molecular weight excluding hydrogens is 236 g/mol. The fourth-order valence-corrected chi connectivity index (χ4v) is 1.98. The minimum atomic E-state index is -1.33. The van der Waals surface area contributed by atoms with E-state index in [1.165, 1.54) is 0 Å². The van der Waals surface area contributed by atoms with Crippen LogP contribution in [0, 0.1) is 0 Å². The predicted octanol–water partition coefficient (Wildman–Crippen LogP) is 0.0307. The Labute approximate surface area is 106 Å². The lowest BCUT2D eigenvalue weighted by Gasteiger charge is -2.39. The Kier molecular flexibility index (Phi) is 4.31. The van der Waals surface area contributed by atoms with Gasteiger partial charge in [0.25, 0.3) is 0 Å². The SMILES string of the molecule is C[C@H]1OC(O)[C@H](O)[C@@H](OCc2ccccc2)[C@@H]1O. The predicted molar refractivity (Wildman–Crippen MR) is 63.6 cm³/mol. The first kappa shape index (κ1) is 13.5. The van der Waals surface area contributed by atoms with Crippen LogP contribution in [0.4, 0.5) is 0 Å². The normalized spacial score (nSPS) is 36.6. The van der Waals surface area contributed by atoms with Gasteiger partial charge in [0.15, 0.2) is 6.29 Å². The Bertz CT molecular complexity index is 355. The number of aliphatic hydroxyl groups is 3. The topological polar surface area (TPSA) is 79.2 Å². The summed E-state index contributed by atoms with van der Waals surface area (Å²) in [6.45, 7) is 1.89. The number of hydrogen-bond acceptors (Lipinski definition) is 5. The van der Waals surface area contributed by atoms with E-state index in [0.29, 0.717) is 0 Å². The van der Waals surface area contributed by atoms with Gasteiger partial charge in [-0.3, -0.25) is 0 Å². The van der Waals surface area contributed by atoms with Crippen LogP contribution in [-0.4, -0.2) is 46.0 Å². The molecule has 1 aromatic rings. The minimum absolute atomic E-state index is 0.263. The van der Waals surface area contributed by atoms with Gasteiger partial charge in [-0.25, -0.2) is 0 Å². The van der Waals surface area contributed by atoms with Crippen LogP contribution < -0.4 is 0 Å². The van der Waals surface area contributed by atoms with Gasteiger partial charge in [0.2, 0.25) is 0 Å². The molecule has 2 rings (SSSR count). The summed E-state index contributed by atoms with van der Waals surface area (Å²) in [7, 11) is 0. The van der Waals surface area contributed by atoms with Crippen LogP contribution in [0.3, 0.4) is 0 Å². The Balaban J connectivity index is 1.98. The zero-order valence-corrected chi connectivity index (χ0v) is 10.1. The highest BCUT2D eigenvalue weighted by Gasteiger charge is 2.42. The zero-order valence-electron chi connectivity index (χ0n) is 10.1. The number of rotatable bonds is 3. The molecule has 0 bridgehead atoms. The third-order valence-electron chi connectivity index (χ3n) is 3.09. The van der Waals surface area contributed by atoms with Crippen LogP contribution >= 0.6 is 0 Å². The van der Waals surface area contributed by atoms with Crippen molar-refractivity contribution >= 4 is 0 Å². The Morgan fingerprint density at radius 1 is 1.11 bits per heavy atom. The van der Waals surface area contributed by atoms with Crippen LogP contribution in [0.5, 0.6) is 0 Å². The molecule has 18 heavy (non-hydrogen) atoms. The van der Waals surface area contributed by atoms with E-state index in [4.69, 9.17) is 9.47 Å². The van der Waals surface area contributed by atoms with Crippen LogP contribution in [0.25, 0.3) is 0 Å². The molecule has 1 saturated heterocycles. The Morgan fingerprint density at radius 3 is 2.44 bits per heavy atom. The summed E-state index contributed by atoms with van der Waals surface area (Å²) >= 11 is 0. The van der Waals surface area contributed by atoms with Crippen molar-refractivity contribution in [1.82, 2.24) is 0 Å². The smallest absolute Gasteiger partial charge is 0.183 e. The summed E-state index contributed by atoms with van der Waals surface area (Å²) in [5.74, 6) is 0. The first-order valence-electron chi connectivity index (χ1n) is 5.95. The molecule has 5 atom stereocenters. The molecule has 0 radical (unpaired) electrons. The highest BCUT2D eigenvalue weighted by molar-refractivity contribution is 5.13. The second kappa shape index (κ2) is 5.77. The summed E-state index contributed by atoms with van der Waals surface area (Å²) in [4.78, 5) is 0. The fourth-order valence-electron chi connectivity index (χ4n) is 1.98. The van der Waals surface area contributed by atoms with Crippen molar-refractivity contribution in [3.8, 4) is 0 Å². The van der Waals surface area contributed by atoms with E-state index < -0.39 is 30.7 Å². The molecule has 1 aliphatic rings. The summed E-state index contributed by atoms with van der Waals surface area (Å²) in [6, 6.07) is 9.43. The molecule has 0 amide bonds.